The van der Waals surface area contributed by atoms with E-state index >= 15 is 0 Å². The first kappa shape index (κ1) is 16.5. The molecule has 0 aliphatic rings. The summed E-state index contributed by atoms with van der Waals surface area (Å²) in [6, 6.07) is 10.3. The Balaban J connectivity index is 2.50. The molecule has 0 radical (unpaired) electrons. The van der Waals surface area contributed by atoms with E-state index in [9.17, 15) is 8.42 Å². The molecule has 3 N–H and O–H groups in total. The zero-order valence-corrected chi connectivity index (χ0v) is 15.0. The quantitative estimate of drug-likeness (QED) is 0.721. The fourth-order valence-electron chi connectivity index (χ4n) is 1.94. The minimum absolute atomic E-state index is 0.148. The smallest absolute Gasteiger partial charge is 0.262 e. The zero-order valence-electron chi connectivity index (χ0n) is 11.2. The van der Waals surface area contributed by atoms with E-state index in [1.54, 1.807) is 25.1 Å². The van der Waals surface area contributed by atoms with Crippen LogP contribution in [0.1, 0.15) is 11.1 Å². The molecule has 2 rings (SSSR count). The maximum atomic E-state index is 12.6. The van der Waals surface area contributed by atoms with Crippen molar-refractivity contribution >= 4 is 49.9 Å². The maximum Gasteiger partial charge on any atom is 0.262 e. The topological polar surface area (TPSA) is 72.2 Å². The number of rotatable bonds is 4. The molecule has 0 bridgehead atoms. The summed E-state index contributed by atoms with van der Waals surface area (Å²) in [5, 5.41) is 0.351. The van der Waals surface area contributed by atoms with E-state index in [1.165, 1.54) is 6.07 Å². The average molecular weight is 437 g/mol. The minimum atomic E-state index is -3.72. The van der Waals surface area contributed by atoms with Crippen LogP contribution < -0.4 is 10.5 Å². The lowest BCUT2D eigenvalue weighted by atomic mass is 10.1. The lowest BCUT2D eigenvalue weighted by Crippen LogP contribution is -2.16. The number of halogens is 2. The number of benzene rings is 2. The molecule has 7 heteroatoms. The van der Waals surface area contributed by atoms with Gasteiger partial charge in [-0.2, -0.15) is 0 Å². The first-order valence-corrected chi connectivity index (χ1v) is 9.05. The minimum Gasteiger partial charge on any atom is -0.326 e. The van der Waals surface area contributed by atoms with Gasteiger partial charge in [0.1, 0.15) is 0 Å². The van der Waals surface area contributed by atoms with Crippen LogP contribution in [0.25, 0.3) is 0 Å². The molecule has 0 spiro atoms. The fraction of sp³-hybridized carbons (Fsp3) is 0.143. The van der Waals surface area contributed by atoms with Crippen molar-refractivity contribution < 1.29 is 8.42 Å². The van der Waals surface area contributed by atoms with Gasteiger partial charge in [0.05, 0.1) is 10.6 Å². The number of para-hydroxylation sites is 1. The average Bonchev–Trinajstić information content (AvgIpc) is 2.43. The van der Waals surface area contributed by atoms with Crippen molar-refractivity contribution in [3.63, 3.8) is 0 Å². The third-order valence-corrected chi connectivity index (χ3v) is 5.71. The van der Waals surface area contributed by atoms with E-state index in [0.717, 1.165) is 3.57 Å². The van der Waals surface area contributed by atoms with Crippen LogP contribution in [0.3, 0.4) is 0 Å². The van der Waals surface area contributed by atoms with Gasteiger partial charge in [-0.1, -0.05) is 23.7 Å². The molecule has 0 aromatic heterocycles. The molecule has 112 valence electrons. The van der Waals surface area contributed by atoms with Crippen molar-refractivity contribution in [1.29, 1.82) is 0 Å². The summed E-state index contributed by atoms with van der Waals surface area (Å²) < 4.78 is 28.6. The van der Waals surface area contributed by atoms with Crippen LogP contribution in [-0.2, 0) is 16.6 Å². The van der Waals surface area contributed by atoms with Crippen LogP contribution in [0, 0.1) is 10.5 Å². The standard InChI is InChI=1S/C14H14ClIN2O2S/c1-9-10(8-17)6-11(15)7-14(9)21(19,20)18-13-5-3-2-4-12(13)16/h2-7,18H,8,17H2,1H3. The van der Waals surface area contributed by atoms with Gasteiger partial charge in [0.2, 0.25) is 0 Å². The van der Waals surface area contributed by atoms with Crippen molar-refractivity contribution in [2.24, 2.45) is 5.73 Å². The van der Waals surface area contributed by atoms with Crippen LogP contribution in [0.2, 0.25) is 5.02 Å². The van der Waals surface area contributed by atoms with Crippen LogP contribution in [-0.4, -0.2) is 8.42 Å². The molecule has 2 aromatic rings. The van der Waals surface area contributed by atoms with Gasteiger partial charge in [0.25, 0.3) is 10.0 Å². The molecule has 0 saturated heterocycles. The third kappa shape index (κ3) is 3.68. The Kier molecular flexibility index (Phi) is 5.13. The second-order valence-corrected chi connectivity index (χ2v) is 7.73. The predicted octanol–water partition coefficient (Wildman–Crippen LogP) is 3.51. The van der Waals surface area contributed by atoms with Crippen molar-refractivity contribution in [2.45, 2.75) is 18.4 Å². The molecule has 0 heterocycles. The number of nitrogens with two attached hydrogens (primary N) is 1. The lowest BCUT2D eigenvalue weighted by molar-refractivity contribution is 0.600. The lowest BCUT2D eigenvalue weighted by Gasteiger charge is -2.14. The Hall–Kier alpha value is -0.830. The second kappa shape index (κ2) is 6.51. The third-order valence-electron chi connectivity index (χ3n) is 3.06. The van der Waals surface area contributed by atoms with Gasteiger partial charge in [-0.3, -0.25) is 4.72 Å². The zero-order chi connectivity index (χ0) is 15.6. The van der Waals surface area contributed by atoms with Crippen molar-refractivity contribution in [3.05, 3.63) is 56.1 Å². The van der Waals surface area contributed by atoms with Gasteiger partial charge < -0.3 is 5.73 Å². The second-order valence-electron chi connectivity index (χ2n) is 4.48. The molecule has 0 fully saturated rings. The molecule has 0 amide bonds. The molecule has 4 nitrogen and oxygen atoms in total. The Labute approximate surface area is 142 Å². The van der Waals surface area contributed by atoms with E-state index in [0.29, 0.717) is 21.8 Å². The summed E-state index contributed by atoms with van der Waals surface area (Å²) in [6.45, 7) is 1.96. The Morgan fingerprint density at radius 2 is 1.95 bits per heavy atom. The Morgan fingerprint density at radius 3 is 2.57 bits per heavy atom. The highest BCUT2D eigenvalue weighted by atomic mass is 127. The number of anilines is 1. The van der Waals surface area contributed by atoms with Crippen LogP contribution in [0.15, 0.2) is 41.3 Å². The molecule has 0 aliphatic heterocycles. The van der Waals surface area contributed by atoms with Crippen LogP contribution in [0.5, 0.6) is 0 Å². The molecule has 2 aromatic carbocycles. The summed E-state index contributed by atoms with van der Waals surface area (Å²) in [7, 11) is -3.72. The van der Waals surface area contributed by atoms with E-state index in [4.69, 9.17) is 17.3 Å². The highest BCUT2D eigenvalue weighted by molar-refractivity contribution is 14.1. The van der Waals surface area contributed by atoms with E-state index in [1.807, 2.05) is 12.1 Å². The first-order valence-electron chi connectivity index (χ1n) is 6.11. The Bertz CT molecular complexity index is 779. The largest absolute Gasteiger partial charge is 0.326 e. The maximum absolute atomic E-state index is 12.6. The molecule has 0 atom stereocenters. The number of sulfonamides is 1. The highest BCUT2D eigenvalue weighted by Crippen LogP contribution is 2.27. The molecule has 0 saturated carbocycles. The van der Waals surface area contributed by atoms with Gasteiger partial charge in [0.15, 0.2) is 0 Å². The van der Waals surface area contributed by atoms with E-state index < -0.39 is 10.0 Å². The van der Waals surface area contributed by atoms with Crippen molar-refractivity contribution in [3.8, 4) is 0 Å². The van der Waals surface area contributed by atoms with Crippen molar-refractivity contribution in [2.75, 3.05) is 4.72 Å². The molecule has 0 unspecified atom stereocenters. The fourth-order valence-corrected chi connectivity index (χ4v) is 4.35. The van der Waals surface area contributed by atoms with Gasteiger partial charge in [-0.05, 0) is 64.9 Å². The summed E-state index contributed by atoms with van der Waals surface area (Å²) in [4.78, 5) is 0.148. The summed E-state index contributed by atoms with van der Waals surface area (Å²) in [6.07, 6.45) is 0. The summed E-state index contributed by atoms with van der Waals surface area (Å²) in [5.41, 5.74) is 7.49. The predicted molar refractivity (Wildman–Crippen MR) is 94.0 cm³/mol. The molecular formula is C14H14ClIN2O2S. The Morgan fingerprint density at radius 1 is 1.29 bits per heavy atom. The SMILES string of the molecule is Cc1c(CN)cc(Cl)cc1S(=O)(=O)Nc1ccccc1I. The summed E-state index contributed by atoms with van der Waals surface area (Å²) in [5.74, 6) is 0. The van der Waals surface area contributed by atoms with Gasteiger partial charge in [0, 0.05) is 15.1 Å². The van der Waals surface area contributed by atoms with Crippen LogP contribution >= 0.6 is 34.2 Å². The van der Waals surface area contributed by atoms with Gasteiger partial charge in [-0.25, -0.2) is 8.42 Å². The summed E-state index contributed by atoms with van der Waals surface area (Å²) >= 11 is 8.07. The monoisotopic (exact) mass is 436 g/mol. The van der Waals surface area contributed by atoms with E-state index in [-0.39, 0.29) is 11.4 Å². The normalized spacial score (nSPS) is 11.4. The molecule has 21 heavy (non-hydrogen) atoms. The first-order chi connectivity index (χ1) is 9.85. The van der Waals surface area contributed by atoms with Gasteiger partial charge in [-0.15, -0.1) is 0 Å². The number of hydrogen-bond donors (Lipinski definition) is 2. The van der Waals surface area contributed by atoms with Crippen LogP contribution in [0.4, 0.5) is 5.69 Å². The number of hydrogen-bond acceptors (Lipinski definition) is 3. The number of nitrogens with one attached hydrogen (secondary N) is 1. The van der Waals surface area contributed by atoms with Crippen molar-refractivity contribution in [1.82, 2.24) is 0 Å². The highest BCUT2D eigenvalue weighted by Gasteiger charge is 2.20. The molecule has 0 aliphatic carbocycles. The molecular weight excluding hydrogens is 423 g/mol. The van der Waals surface area contributed by atoms with Gasteiger partial charge >= 0.3 is 0 Å². The van der Waals surface area contributed by atoms with E-state index in [2.05, 4.69) is 27.3 Å².